The summed E-state index contributed by atoms with van der Waals surface area (Å²) in [5.74, 6) is 0.694. The molecule has 0 aliphatic rings. The van der Waals surface area contributed by atoms with Gasteiger partial charge in [0.2, 0.25) is 0 Å². The van der Waals surface area contributed by atoms with Crippen molar-refractivity contribution in [2.75, 3.05) is 11.8 Å². The number of rotatable bonds is 2. The molecule has 2 N–H and O–H groups in total. The van der Waals surface area contributed by atoms with Gasteiger partial charge in [-0.25, -0.2) is 9.78 Å². The third-order valence-electron chi connectivity index (χ3n) is 1.72. The summed E-state index contributed by atoms with van der Waals surface area (Å²) in [5, 5.41) is 4.82. The van der Waals surface area contributed by atoms with Crippen LogP contribution in [-0.2, 0) is 0 Å². The number of nitrogens with zero attached hydrogens (tertiary/aromatic N) is 1. The second-order valence-corrected chi connectivity index (χ2v) is 4.34. The number of urea groups is 1. The molecule has 1 heterocycles. The number of thiazole rings is 1. The van der Waals surface area contributed by atoms with E-state index in [0.29, 0.717) is 11.8 Å². The summed E-state index contributed by atoms with van der Waals surface area (Å²) in [5.41, 5.74) is 2.97. The highest BCUT2D eigenvalue weighted by atomic mass is 32.1. The summed E-state index contributed by atoms with van der Waals surface area (Å²) in [7, 11) is 0. The molecule has 0 fully saturated rings. The van der Waals surface area contributed by atoms with Crippen molar-refractivity contribution in [3.8, 4) is 0 Å². The molecule has 0 unspecified atom stereocenters. The molecule has 92 valence electrons. The number of fused-ring (bicyclic) bond motifs is 1. The smallest absolute Gasteiger partial charge is 0.316 e. The average molecular weight is 287 g/mol. The van der Waals surface area contributed by atoms with Crippen LogP contribution in [0.25, 0.3) is 10.2 Å². The Labute approximate surface area is 115 Å². The Morgan fingerprint density at radius 3 is 2.47 bits per heavy atom. The molecule has 4 nitrogen and oxygen atoms in total. The Morgan fingerprint density at radius 2 is 1.88 bits per heavy atom. The van der Waals surface area contributed by atoms with E-state index in [4.69, 9.17) is 0 Å². The van der Waals surface area contributed by atoms with Gasteiger partial charge >= 0.3 is 6.03 Å². The highest BCUT2D eigenvalue weighted by molar-refractivity contribution is 7.80. The zero-order valence-corrected chi connectivity index (χ0v) is 11.6. The molecule has 17 heavy (non-hydrogen) atoms. The van der Waals surface area contributed by atoms with E-state index in [1.54, 1.807) is 11.3 Å². The largest absolute Gasteiger partial charge is 0.329 e. The Bertz CT molecular complexity index is 423. The van der Waals surface area contributed by atoms with Crippen LogP contribution in [0.2, 0.25) is 0 Å². The zero-order chi connectivity index (χ0) is 12.5. The molecule has 1 aromatic heterocycles. The fourth-order valence-corrected chi connectivity index (χ4v) is 1.98. The van der Waals surface area contributed by atoms with Crippen LogP contribution in [0.4, 0.5) is 4.79 Å². The lowest BCUT2D eigenvalue weighted by molar-refractivity contribution is 0.244. The molecule has 0 aliphatic heterocycles. The quantitative estimate of drug-likeness (QED) is 0.506. The lowest BCUT2D eigenvalue weighted by Crippen LogP contribution is -2.33. The van der Waals surface area contributed by atoms with Crippen LogP contribution in [0.5, 0.6) is 0 Å². The van der Waals surface area contributed by atoms with Crippen molar-refractivity contribution < 1.29 is 4.79 Å². The van der Waals surface area contributed by atoms with Crippen molar-refractivity contribution in [1.29, 1.82) is 0 Å². The Kier molecular flexibility index (Phi) is 6.83. The van der Waals surface area contributed by atoms with Crippen LogP contribution < -0.4 is 10.6 Å². The molecule has 2 amide bonds. The molecule has 2 rings (SSSR count). The van der Waals surface area contributed by atoms with Crippen molar-refractivity contribution in [2.24, 2.45) is 0 Å². The van der Waals surface area contributed by atoms with E-state index in [-0.39, 0.29) is 6.03 Å². The number of thiol groups is 2. The normalized spacial score (nSPS) is 9.29. The maximum Gasteiger partial charge on any atom is 0.316 e. The number of para-hydroxylation sites is 1. The van der Waals surface area contributed by atoms with Gasteiger partial charge in [-0.15, -0.1) is 11.3 Å². The first-order valence-electron chi connectivity index (χ1n) is 4.79. The Hall–Kier alpha value is -0.920. The van der Waals surface area contributed by atoms with E-state index in [0.717, 1.165) is 5.52 Å². The summed E-state index contributed by atoms with van der Waals surface area (Å²) in [4.78, 5) is 14.5. The van der Waals surface area contributed by atoms with Crippen LogP contribution in [0, 0.1) is 0 Å². The molecule has 7 heteroatoms. The molecular weight excluding hydrogens is 274 g/mol. The van der Waals surface area contributed by atoms with Crippen LogP contribution in [0.3, 0.4) is 0 Å². The number of nitrogens with one attached hydrogen (secondary N) is 2. The fourth-order valence-electron chi connectivity index (χ4n) is 1.01. The highest BCUT2D eigenvalue weighted by Gasteiger charge is 1.90. The first kappa shape index (κ1) is 14.1. The molecule has 0 spiro atoms. The third-order valence-corrected chi connectivity index (χ3v) is 2.84. The van der Waals surface area contributed by atoms with E-state index < -0.39 is 0 Å². The van der Waals surface area contributed by atoms with Crippen LogP contribution in [-0.4, -0.2) is 22.8 Å². The van der Waals surface area contributed by atoms with Gasteiger partial charge < -0.3 is 10.6 Å². The monoisotopic (exact) mass is 287 g/mol. The van der Waals surface area contributed by atoms with Gasteiger partial charge in [0.25, 0.3) is 0 Å². The maximum absolute atomic E-state index is 10.3. The number of aromatic nitrogens is 1. The number of carbonyl (C=O) groups excluding carboxylic acids is 1. The van der Waals surface area contributed by atoms with Crippen LogP contribution >= 0.6 is 36.6 Å². The number of amides is 2. The fraction of sp³-hybridized carbons (Fsp3) is 0.200. The van der Waals surface area contributed by atoms with Gasteiger partial charge in [0.15, 0.2) is 0 Å². The zero-order valence-electron chi connectivity index (χ0n) is 8.96. The minimum Gasteiger partial charge on any atom is -0.329 e. The highest BCUT2D eigenvalue weighted by Crippen LogP contribution is 2.15. The molecular formula is C10H13N3OS3. The predicted octanol–water partition coefficient (Wildman–Crippen LogP) is 2.36. The van der Waals surface area contributed by atoms with Crippen molar-refractivity contribution in [2.45, 2.75) is 0 Å². The molecule has 0 saturated heterocycles. The number of hydrogen-bond donors (Lipinski definition) is 4. The third kappa shape index (κ3) is 5.29. The number of benzene rings is 1. The summed E-state index contributed by atoms with van der Waals surface area (Å²) in [6.07, 6.45) is 0. The average Bonchev–Trinajstić information content (AvgIpc) is 2.78. The SMILES string of the molecule is O=C(NCS)NCS.c1ccc2scnc2c1. The van der Waals surface area contributed by atoms with E-state index in [1.807, 2.05) is 23.7 Å². The molecule has 0 bridgehead atoms. The maximum atomic E-state index is 10.3. The van der Waals surface area contributed by atoms with Gasteiger partial charge in [-0.1, -0.05) is 12.1 Å². The van der Waals surface area contributed by atoms with Gasteiger partial charge in [0.1, 0.15) is 0 Å². The minimum absolute atomic E-state index is 0.241. The topological polar surface area (TPSA) is 54.0 Å². The van der Waals surface area contributed by atoms with Crippen molar-refractivity contribution >= 4 is 52.8 Å². The Balaban J connectivity index is 0.000000172. The lowest BCUT2D eigenvalue weighted by atomic mass is 10.3. The lowest BCUT2D eigenvalue weighted by Gasteiger charge is -1.99. The second-order valence-electron chi connectivity index (χ2n) is 2.82. The van der Waals surface area contributed by atoms with E-state index in [9.17, 15) is 4.79 Å². The summed E-state index contributed by atoms with van der Waals surface area (Å²) in [6, 6.07) is 7.89. The van der Waals surface area contributed by atoms with Gasteiger partial charge in [0, 0.05) is 0 Å². The van der Waals surface area contributed by atoms with Gasteiger partial charge in [0.05, 0.1) is 27.5 Å². The Morgan fingerprint density at radius 1 is 1.24 bits per heavy atom. The van der Waals surface area contributed by atoms with Gasteiger partial charge in [-0.3, -0.25) is 0 Å². The van der Waals surface area contributed by atoms with Crippen molar-refractivity contribution in [3.63, 3.8) is 0 Å². The molecule has 0 saturated carbocycles. The second kappa shape index (κ2) is 8.21. The van der Waals surface area contributed by atoms with E-state index in [2.05, 4.69) is 46.9 Å². The number of carbonyl (C=O) groups is 1. The van der Waals surface area contributed by atoms with E-state index >= 15 is 0 Å². The summed E-state index contributed by atoms with van der Waals surface area (Å²) in [6.45, 7) is 0. The van der Waals surface area contributed by atoms with Crippen LogP contribution in [0.15, 0.2) is 29.8 Å². The first-order chi connectivity index (χ1) is 8.27. The molecule has 0 radical (unpaired) electrons. The van der Waals surface area contributed by atoms with Gasteiger partial charge in [-0.2, -0.15) is 25.3 Å². The van der Waals surface area contributed by atoms with E-state index in [1.165, 1.54) is 4.70 Å². The molecule has 1 aromatic carbocycles. The molecule has 0 atom stereocenters. The summed E-state index contributed by atoms with van der Waals surface area (Å²) >= 11 is 9.19. The minimum atomic E-state index is -0.241. The number of hydrogen-bond acceptors (Lipinski definition) is 5. The summed E-state index contributed by atoms with van der Waals surface area (Å²) < 4.78 is 1.26. The van der Waals surface area contributed by atoms with Crippen LogP contribution in [0.1, 0.15) is 0 Å². The van der Waals surface area contributed by atoms with Gasteiger partial charge in [-0.05, 0) is 12.1 Å². The molecule has 0 aliphatic carbocycles. The van der Waals surface area contributed by atoms with Crippen molar-refractivity contribution in [3.05, 3.63) is 29.8 Å². The standard InChI is InChI=1S/C7H5NS.C3H8N2OS2/c1-2-4-7-6(3-1)8-5-9-7;6-3(4-1-7)5-2-8/h1-5H;7-8H,1-2H2,(H2,4,5,6). The molecule has 2 aromatic rings. The predicted molar refractivity (Wildman–Crippen MR) is 79.0 cm³/mol. The first-order valence-corrected chi connectivity index (χ1v) is 6.94. The van der Waals surface area contributed by atoms with Crippen molar-refractivity contribution in [1.82, 2.24) is 15.6 Å².